The van der Waals surface area contributed by atoms with Gasteiger partial charge in [0.05, 0.1) is 7.11 Å². The standard InChI is InChI=1S/C14H21NOS/c1-15(10-14(11-17)7-8-14)9-12-5-3-4-6-13(12)16-2/h3-6,17H,7-11H2,1-2H3. The fourth-order valence-corrected chi connectivity index (χ4v) is 2.71. The molecule has 0 radical (unpaired) electrons. The van der Waals surface area contributed by atoms with E-state index in [-0.39, 0.29) is 0 Å². The van der Waals surface area contributed by atoms with Gasteiger partial charge in [-0.2, -0.15) is 12.6 Å². The van der Waals surface area contributed by atoms with Crippen LogP contribution in [0, 0.1) is 5.41 Å². The van der Waals surface area contributed by atoms with Crippen LogP contribution in [0.5, 0.6) is 5.75 Å². The third kappa shape index (κ3) is 3.17. The van der Waals surface area contributed by atoms with E-state index in [1.807, 2.05) is 12.1 Å². The molecule has 0 aliphatic heterocycles. The van der Waals surface area contributed by atoms with Gasteiger partial charge in [-0.3, -0.25) is 0 Å². The van der Waals surface area contributed by atoms with E-state index in [2.05, 4.69) is 36.7 Å². The molecular formula is C14H21NOS. The molecule has 1 aliphatic rings. The van der Waals surface area contributed by atoms with E-state index in [0.717, 1.165) is 24.6 Å². The summed E-state index contributed by atoms with van der Waals surface area (Å²) >= 11 is 4.45. The number of benzene rings is 1. The SMILES string of the molecule is COc1ccccc1CN(C)CC1(CS)CC1. The molecule has 1 aromatic carbocycles. The van der Waals surface area contributed by atoms with E-state index in [9.17, 15) is 0 Å². The summed E-state index contributed by atoms with van der Waals surface area (Å²) < 4.78 is 5.38. The molecule has 1 saturated carbocycles. The molecular weight excluding hydrogens is 230 g/mol. The molecule has 17 heavy (non-hydrogen) atoms. The van der Waals surface area contributed by atoms with Crippen LogP contribution in [0.1, 0.15) is 18.4 Å². The Labute approximate surface area is 109 Å². The molecule has 1 fully saturated rings. The van der Waals surface area contributed by atoms with Crippen LogP contribution in [0.3, 0.4) is 0 Å². The number of hydrogen-bond donors (Lipinski definition) is 1. The van der Waals surface area contributed by atoms with E-state index in [0.29, 0.717) is 5.41 Å². The zero-order valence-electron chi connectivity index (χ0n) is 10.6. The Balaban J connectivity index is 1.95. The minimum absolute atomic E-state index is 0.486. The van der Waals surface area contributed by atoms with Gasteiger partial charge in [-0.05, 0) is 37.1 Å². The summed E-state index contributed by atoms with van der Waals surface area (Å²) in [6, 6.07) is 8.24. The molecule has 0 bridgehead atoms. The average molecular weight is 251 g/mol. The molecule has 0 spiro atoms. The van der Waals surface area contributed by atoms with E-state index < -0.39 is 0 Å². The highest BCUT2D eigenvalue weighted by Crippen LogP contribution is 2.47. The van der Waals surface area contributed by atoms with Crippen LogP contribution < -0.4 is 4.74 Å². The Bertz CT molecular complexity index is 376. The monoisotopic (exact) mass is 251 g/mol. The van der Waals surface area contributed by atoms with Crippen LogP contribution in [-0.4, -0.2) is 31.4 Å². The molecule has 0 saturated heterocycles. The molecule has 0 N–H and O–H groups in total. The lowest BCUT2D eigenvalue weighted by Crippen LogP contribution is -2.27. The second kappa shape index (κ2) is 5.32. The van der Waals surface area contributed by atoms with Crippen LogP contribution in [0.15, 0.2) is 24.3 Å². The first-order valence-electron chi connectivity index (χ1n) is 6.10. The van der Waals surface area contributed by atoms with Crippen molar-refractivity contribution in [2.45, 2.75) is 19.4 Å². The van der Waals surface area contributed by atoms with Gasteiger partial charge in [-0.15, -0.1) is 0 Å². The zero-order valence-corrected chi connectivity index (χ0v) is 11.5. The van der Waals surface area contributed by atoms with Gasteiger partial charge in [0, 0.05) is 18.7 Å². The van der Waals surface area contributed by atoms with Crippen LogP contribution in [0.25, 0.3) is 0 Å². The van der Waals surface area contributed by atoms with Crippen molar-refractivity contribution in [3.8, 4) is 5.75 Å². The molecule has 1 aromatic rings. The molecule has 1 aliphatic carbocycles. The minimum Gasteiger partial charge on any atom is -0.496 e. The number of rotatable bonds is 6. The minimum atomic E-state index is 0.486. The first kappa shape index (κ1) is 12.8. The van der Waals surface area contributed by atoms with Crippen LogP contribution in [0.2, 0.25) is 0 Å². The van der Waals surface area contributed by atoms with Crippen molar-refractivity contribution >= 4 is 12.6 Å². The summed E-state index contributed by atoms with van der Waals surface area (Å²) in [5.41, 5.74) is 1.74. The predicted molar refractivity (Wildman–Crippen MR) is 74.8 cm³/mol. The lowest BCUT2D eigenvalue weighted by Gasteiger charge is -2.23. The summed E-state index contributed by atoms with van der Waals surface area (Å²) in [5.74, 6) is 1.98. The third-order valence-electron chi connectivity index (χ3n) is 3.53. The lowest BCUT2D eigenvalue weighted by atomic mass is 10.1. The topological polar surface area (TPSA) is 12.5 Å². The van der Waals surface area contributed by atoms with Gasteiger partial charge >= 0.3 is 0 Å². The van der Waals surface area contributed by atoms with Gasteiger partial charge in [-0.25, -0.2) is 0 Å². The quantitative estimate of drug-likeness (QED) is 0.781. The molecule has 0 amide bonds. The highest BCUT2D eigenvalue weighted by Gasteiger charge is 2.41. The van der Waals surface area contributed by atoms with Gasteiger partial charge < -0.3 is 9.64 Å². The maximum atomic E-state index is 5.38. The van der Waals surface area contributed by atoms with Gasteiger partial charge in [0.15, 0.2) is 0 Å². The fourth-order valence-electron chi connectivity index (χ4n) is 2.30. The molecule has 94 valence electrons. The lowest BCUT2D eigenvalue weighted by molar-refractivity contribution is 0.266. The van der Waals surface area contributed by atoms with Crippen molar-refractivity contribution < 1.29 is 4.74 Å². The van der Waals surface area contributed by atoms with Crippen molar-refractivity contribution in [3.63, 3.8) is 0 Å². The normalized spacial score (nSPS) is 17.2. The number of nitrogens with zero attached hydrogens (tertiary/aromatic N) is 1. The Hall–Kier alpha value is -0.670. The predicted octanol–water partition coefficient (Wildman–Crippen LogP) is 2.84. The maximum absolute atomic E-state index is 5.38. The number of hydrogen-bond acceptors (Lipinski definition) is 3. The highest BCUT2D eigenvalue weighted by atomic mass is 32.1. The summed E-state index contributed by atoms with van der Waals surface area (Å²) in [6.07, 6.45) is 2.65. The Kier molecular flexibility index (Phi) is 4.00. The number of para-hydroxylation sites is 1. The van der Waals surface area contributed by atoms with Crippen molar-refractivity contribution in [2.24, 2.45) is 5.41 Å². The molecule has 0 atom stereocenters. The molecule has 2 nitrogen and oxygen atoms in total. The first-order chi connectivity index (χ1) is 8.19. The Morgan fingerprint density at radius 1 is 1.35 bits per heavy atom. The van der Waals surface area contributed by atoms with E-state index in [1.54, 1.807) is 7.11 Å². The Morgan fingerprint density at radius 3 is 2.65 bits per heavy atom. The third-order valence-corrected chi connectivity index (χ3v) is 4.20. The van der Waals surface area contributed by atoms with E-state index >= 15 is 0 Å². The van der Waals surface area contributed by atoms with Crippen molar-refractivity contribution in [3.05, 3.63) is 29.8 Å². The summed E-state index contributed by atoms with van der Waals surface area (Å²) in [6.45, 7) is 2.08. The summed E-state index contributed by atoms with van der Waals surface area (Å²) in [4.78, 5) is 2.38. The van der Waals surface area contributed by atoms with Crippen molar-refractivity contribution in [1.29, 1.82) is 0 Å². The van der Waals surface area contributed by atoms with Gasteiger partial charge in [0.25, 0.3) is 0 Å². The number of thiol groups is 1. The summed E-state index contributed by atoms with van der Waals surface area (Å²) in [5, 5.41) is 0. The molecule has 0 unspecified atom stereocenters. The number of methoxy groups -OCH3 is 1. The first-order valence-corrected chi connectivity index (χ1v) is 6.74. The average Bonchev–Trinajstić information content (AvgIpc) is 3.10. The van der Waals surface area contributed by atoms with Gasteiger partial charge in [-0.1, -0.05) is 18.2 Å². The second-order valence-electron chi connectivity index (χ2n) is 5.14. The van der Waals surface area contributed by atoms with Crippen LogP contribution in [-0.2, 0) is 6.54 Å². The van der Waals surface area contributed by atoms with Crippen molar-refractivity contribution in [1.82, 2.24) is 4.90 Å². The second-order valence-corrected chi connectivity index (χ2v) is 5.46. The van der Waals surface area contributed by atoms with Gasteiger partial charge in [0.1, 0.15) is 5.75 Å². The number of ether oxygens (including phenoxy) is 1. The highest BCUT2D eigenvalue weighted by molar-refractivity contribution is 7.80. The van der Waals surface area contributed by atoms with Crippen LogP contribution >= 0.6 is 12.6 Å². The summed E-state index contributed by atoms with van der Waals surface area (Å²) in [7, 11) is 3.91. The van der Waals surface area contributed by atoms with Crippen LogP contribution in [0.4, 0.5) is 0 Å². The smallest absolute Gasteiger partial charge is 0.123 e. The fraction of sp³-hybridized carbons (Fsp3) is 0.571. The Morgan fingerprint density at radius 2 is 2.06 bits per heavy atom. The molecule has 0 heterocycles. The maximum Gasteiger partial charge on any atom is 0.123 e. The molecule has 3 heteroatoms. The van der Waals surface area contributed by atoms with E-state index in [1.165, 1.54) is 18.4 Å². The molecule has 0 aromatic heterocycles. The zero-order chi connectivity index (χ0) is 12.3. The van der Waals surface area contributed by atoms with Crippen molar-refractivity contribution in [2.75, 3.05) is 26.5 Å². The largest absolute Gasteiger partial charge is 0.496 e. The van der Waals surface area contributed by atoms with Gasteiger partial charge in [0.2, 0.25) is 0 Å². The molecule has 2 rings (SSSR count). The van der Waals surface area contributed by atoms with E-state index in [4.69, 9.17) is 4.74 Å².